The Labute approximate surface area is 198 Å². The number of hydrogen-bond donors (Lipinski definition) is 2. The van der Waals surface area contributed by atoms with Gasteiger partial charge in [-0.25, -0.2) is 4.98 Å². The van der Waals surface area contributed by atoms with Gasteiger partial charge in [0.1, 0.15) is 17.7 Å². The second-order valence-electron chi connectivity index (χ2n) is 8.24. The first-order valence-electron chi connectivity index (χ1n) is 11.3. The van der Waals surface area contributed by atoms with Gasteiger partial charge in [0.05, 0.1) is 6.54 Å². The van der Waals surface area contributed by atoms with E-state index in [4.69, 9.17) is 4.74 Å². The smallest absolute Gasteiger partial charge is 0.234 e. The molecular weight excluding hydrogens is 428 g/mol. The first-order valence-corrected chi connectivity index (χ1v) is 11.3. The topological polar surface area (TPSA) is 96.0 Å². The Morgan fingerprint density at radius 1 is 1.06 bits per heavy atom. The van der Waals surface area contributed by atoms with Gasteiger partial charge in [-0.15, -0.1) is 0 Å². The van der Waals surface area contributed by atoms with Crippen LogP contribution >= 0.6 is 0 Å². The lowest BCUT2D eigenvalue weighted by Crippen LogP contribution is -2.39. The molecular formula is C26H26N6O2. The fraction of sp³-hybridized carbons (Fsp3) is 0.231. The van der Waals surface area contributed by atoms with Crippen molar-refractivity contribution in [3.05, 3.63) is 96.1 Å². The fourth-order valence-electron chi connectivity index (χ4n) is 4.06. The highest BCUT2D eigenvalue weighted by Gasteiger charge is 2.25. The van der Waals surface area contributed by atoms with Crippen LogP contribution in [-0.4, -0.2) is 50.6 Å². The van der Waals surface area contributed by atoms with Crippen LogP contribution in [0.5, 0.6) is 5.75 Å². The van der Waals surface area contributed by atoms with E-state index in [1.807, 2.05) is 48.5 Å². The number of nitrogens with zero attached hydrogens (tertiary/aromatic N) is 4. The van der Waals surface area contributed by atoms with Crippen molar-refractivity contribution in [3.8, 4) is 17.1 Å². The molecule has 0 saturated carbocycles. The lowest BCUT2D eigenvalue weighted by atomic mass is 10.1. The minimum Gasteiger partial charge on any atom is -0.484 e. The number of H-pyrrole nitrogens is 1. The van der Waals surface area contributed by atoms with Crippen molar-refractivity contribution < 1.29 is 9.53 Å². The van der Waals surface area contributed by atoms with Crippen LogP contribution in [0.2, 0.25) is 0 Å². The molecule has 8 heteroatoms. The van der Waals surface area contributed by atoms with E-state index in [0.29, 0.717) is 38.4 Å². The average molecular weight is 455 g/mol. The summed E-state index contributed by atoms with van der Waals surface area (Å²) in [5.41, 5.74) is 3.08. The zero-order valence-corrected chi connectivity index (χ0v) is 18.7. The first-order chi connectivity index (χ1) is 16.7. The lowest BCUT2D eigenvalue weighted by molar-refractivity contribution is -0.122. The van der Waals surface area contributed by atoms with Crippen molar-refractivity contribution in [2.45, 2.75) is 19.1 Å². The third-order valence-corrected chi connectivity index (χ3v) is 5.75. The summed E-state index contributed by atoms with van der Waals surface area (Å²) in [5.74, 6) is 2.20. The molecule has 4 aromatic rings. The molecule has 2 aromatic heterocycles. The maximum Gasteiger partial charge on any atom is 0.234 e. The number of pyridine rings is 1. The summed E-state index contributed by atoms with van der Waals surface area (Å²) in [4.78, 5) is 23.4. The van der Waals surface area contributed by atoms with Crippen LogP contribution < -0.4 is 10.1 Å². The molecule has 34 heavy (non-hydrogen) atoms. The number of aromatic nitrogens is 4. The van der Waals surface area contributed by atoms with Gasteiger partial charge >= 0.3 is 0 Å². The molecule has 3 heterocycles. The van der Waals surface area contributed by atoms with Gasteiger partial charge in [-0.1, -0.05) is 48.5 Å². The highest BCUT2D eigenvalue weighted by atomic mass is 16.5. The number of ether oxygens (including phenoxy) is 1. The van der Waals surface area contributed by atoms with E-state index < -0.39 is 0 Å². The molecule has 0 bridgehead atoms. The molecule has 5 rings (SSSR count). The maximum atomic E-state index is 12.7. The molecule has 0 aliphatic carbocycles. The Kier molecular flexibility index (Phi) is 6.58. The Morgan fingerprint density at radius 3 is 2.71 bits per heavy atom. The van der Waals surface area contributed by atoms with Crippen molar-refractivity contribution >= 4 is 5.91 Å². The minimum absolute atomic E-state index is 0.0277. The Balaban J connectivity index is 1.19. The van der Waals surface area contributed by atoms with Crippen LogP contribution in [0.3, 0.4) is 0 Å². The van der Waals surface area contributed by atoms with Gasteiger partial charge in [-0.3, -0.25) is 19.8 Å². The summed E-state index contributed by atoms with van der Waals surface area (Å²) in [6, 6.07) is 21.9. The van der Waals surface area contributed by atoms with E-state index in [0.717, 1.165) is 28.3 Å². The Bertz CT molecular complexity index is 1230. The Morgan fingerprint density at radius 2 is 1.85 bits per heavy atom. The third-order valence-electron chi connectivity index (χ3n) is 5.75. The van der Waals surface area contributed by atoms with E-state index in [1.54, 1.807) is 12.4 Å². The molecule has 0 fully saturated rings. The summed E-state index contributed by atoms with van der Waals surface area (Å²) in [6.07, 6.45) is 3.85. The van der Waals surface area contributed by atoms with Crippen LogP contribution in [0.4, 0.5) is 0 Å². The number of benzene rings is 2. The molecule has 8 nitrogen and oxygen atoms in total. The molecule has 2 aromatic carbocycles. The summed E-state index contributed by atoms with van der Waals surface area (Å²) in [6.45, 7) is 2.06. The van der Waals surface area contributed by atoms with Gasteiger partial charge in [-0.05, 0) is 23.8 Å². The van der Waals surface area contributed by atoms with Crippen LogP contribution in [0.1, 0.15) is 23.1 Å². The number of para-hydroxylation sites is 1. The second-order valence-corrected chi connectivity index (χ2v) is 8.24. The van der Waals surface area contributed by atoms with Crippen molar-refractivity contribution in [1.29, 1.82) is 0 Å². The quantitative estimate of drug-likeness (QED) is 0.445. The molecule has 0 spiro atoms. The molecule has 0 saturated heterocycles. The third kappa shape index (κ3) is 5.29. The van der Waals surface area contributed by atoms with Crippen molar-refractivity contribution in [3.63, 3.8) is 0 Å². The number of fused-ring (bicyclic) bond motifs is 1. The summed E-state index contributed by atoms with van der Waals surface area (Å²) < 4.78 is 6.34. The summed E-state index contributed by atoms with van der Waals surface area (Å²) in [5, 5.41) is 10.2. The van der Waals surface area contributed by atoms with Gasteiger partial charge in [0.2, 0.25) is 5.91 Å². The van der Waals surface area contributed by atoms with Crippen LogP contribution in [0.15, 0.2) is 79.1 Å². The predicted molar refractivity (Wildman–Crippen MR) is 128 cm³/mol. The van der Waals surface area contributed by atoms with E-state index >= 15 is 0 Å². The molecule has 2 N–H and O–H groups in total. The largest absolute Gasteiger partial charge is 0.484 e. The fourth-order valence-corrected chi connectivity index (χ4v) is 4.06. The van der Waals surface area contributed by atoms with E-state index in [2.05, 4.69) is 48.6 Å². The molecule has 1 atom stereocenters. The van der Waals surface area contributed by atoms with Crippen LogP contribution in [0.25, 0.3) is 11.4 Å². The zero-order valence-electron chi connectivity index (χ0n) is 18.7. The molecule has 172 valence electrons. The number of hydrogen-bond acceptors (Lipinski definition) is 6. The van der Waals surface area contributed by atoms with Gasteiger partial charge < -0.3 is 10.1 Å². The molecule has 1 aliphatic heterocycles. The summed E-state index contributed by atoms with van der Waals surface area (Å²) >= 11 is 0. The molecule has 0 radical (unpaired) electrons. The Hall–Kier alpha value is -4.04. The first kappa shape index (κ1) is 21.8. The van der Waals surface area contributed by atoms with Crippen LogP contribution in [-0.2, 0) is 17.8 Å². The normalized spacial score (nSPS) is 15.7. The molecule has 0 unspecified atom stereocenters. The second kappa shape index (κ2) is 10.3. The lowest BCUT2D eigenvalue weighted by Gasteiger charge is -2.23. The minimum atomic E-state index is -0.140. The number of rotatable bonds is 7. The van der Waals surface area contributed by atoms with Crippen molar-refractivity contribution in [1.82, 2.24) is 30.4 Å². The SMILES string of the molecule is O=C(CN1Cc2ccccc2O[C@H](c2ccccc2)C1)NCCc1nc(-c2ccncc2)n[nH]1. The standard InChI is InChI=1S/C26H26N6O2/c33-25(28-15-12-24-29-26(31-30-24)20-10-13-27-14-11-20)18-32-16-21-8-4-5-9-22(21)34-23(17-32)19-6-2-1-3-7-19/h1-11,13-14,23H,12,15-18H2,(H,28,33)(H,29,30,31)/t23-/m0/s1. The zero-order chi connectivity index (χ0) is 23.2. The summed E-state index contributed by atoms with van der Waals surface area (Å²) in [7, 11) is 0. The number of nitrogens with one attached hydrogen (secondary N) is 2. The number of aromatic amines is 1. The van der Waals surface area contributed by atoms with Crippen molar-refractivity contribution in [2.24, 2.45) is 0 Å². The van der Waals surface area contributed by atoms with Gasteiger partial charge in [0, 0.05) is 49.6 Å². The van der Waals surface area contributed by atoms with Gasteiger partial charge in [0.15, 0.2) is 5.82 Å². The number of amides is 1. The maximum absolute atomic E-state index is 12.7. The van der Waals surface area contributed by atoms with E-state index in [9.17, 15) is 4.79 Å². The average Bonchev–Trinajstić information content (AvgIpc) is 3.26. The molecule has 1 aliphatic rings. The predicted octanol–water partition coefficient (Wildman–Crippen LogP) is 3.16. The van der Waals surface area contributed by atoms with Crippen molar-refractivity contribution in [2.75, 3.05) is 19.6 Å². The number of carbonyl (C=O) groups is 1. The highest BCUT2D eigenvalue weighted by Crippen LogP contribution is 2.30. The van der Waals surface area contributed by atoms with Gasteiger partial charge in [0.25, 0.3) is 0 Å². The van der Waals surface area contributed by atoms with Gasteiger partial charge in [-0.2, -0.15) is 5.10 Å². The van der Waals surface area contributed by atoms with E-state index in [-0.39, 0.29) is 12.0 Å². The van der Waals surface area contributed by atoms with Crippen LogP contribution in [0, 0.1) is 0 Å². The molecule has 1 amide bonds. The number of carbonyl (C=O) groups excluding carboxylic acids is 1. The monoisotopic (exact) mass is 454 g/mol. The highest BCUT2D eigenvalue weighted by molar-refractivity contribution is 5.78. The van der Waals surface area contributed by atoms with E-state index in [1.165, 1.54) is 0 Å².